The van der Waals surface area contributed by atoms with Crippen LogP contribution in [-0.2, 0) is 6.54 Å². The molecule has 0 bridgehead atoms. The van der Waals surface area contributed by atoms with Gasteiger partial charge in [-0.15, -0.1) is 0 Å². The molecule has 1 saturated carbocycles. The van der Waals surface area contributed by atoms with Crippen molar-refractivity contribution in [2.75, 3.05) is 13.1 Å². The van der Waals surface area contributed by atoms with Crippen LogP contribution in [0.25, 0.3) is 16.8 Å². The Labute approximate surface area is 295 Å². The number of benzene rings is 2. The van der Waals surface area contributed by atoms with Gasteiger partial charge in [-0.2, -0.15) is 0 Å². The Kier molecular flexibility index (Phi) is 10.0. The van der Waals surface area contributed by atoms with Crippen molar-refractivity contribution in [2.24, 2.45) is 0 Å². The van der Waals surface area contributed by atoms with Crippen molar-refractivity contribution in [1.29, 1.82) is 0 Å². The molecule has 2 aromatic carbocycles. The molecule has 0 unspecified atom stereocenters. The summed E-state index contributed by atoms with van der Waals surface area (Å²) in [5.41, 5.74) is 3.90. The lowest BCUT2D eigenvalue weighted by molar-refractivity contribution is 0.0888. The Morgan fingerprint density at radius 3 is 2.27 bits per heavy atom. The predicted molar refractivity (Wildman–Crippen MR) is 190 cm³/mol. The van der Waals surface area contributed by atoms with Crippen LogP contribution in [0, 0.1) is 11.6 Å². The summed E-state index contributed by atoms with van der Waals surface area (Å²) < 4.78 is 35.5. The molecule has 0 spiro atoms. The number of piperazine rings is 1. The van der Waals surface area contributed by atoms with Gasteiger partial charge in [0, 0.05) is 56.2 Å². The molecule has 4 heterocycles. The average Bonchev–Trinajstić information content (AvgIpc) is 3.53. The van der Waals surface area contributed by atoms with E-state index in [9.17, 15) is 18.4 Å². The van der Waals surface area contributed by atoms with Gasteiger partial charge in [-0.3, -0.25) is 14.5 Å². The fraction of sp³-hybridized carbons (Fsp3) is 0.333. The zero-order valence-electron chi connectivity index (χ0n) is 28.6. The second kappa shape index (κ2) is 15.0. The van der Waals surface area contributed by atoms with Crippen molar-refractivity contribution >= 4 is 17.5 Å². The summed E-state index contributed by atoms with van der Waals surface area (Å²) in [6.07, 6.45) is 6.28. The lowest BCUT2D eigenvalue weighted by Gasteiger charge is -2.36. The smallest absolute Gasteiger partial charge is 0.271 e. The highest BCUT2D eigenvalue weighted by molar-refractivity contribution is 5.96. The number of hydrogen-bond acceptors (Lipinski definition) is 7. The molecule has 1 aliphatic heterocycles. The maximum absolute atomic E-state index is 14.4. The van der Waals surface area contributed by atoms with Crippen LogP contribution in [-0.4, -0.2) is 68.3 Å². The number of ether oxygens (including phenoxy) is 1. The van der Waals surface area contributed by atoms with Crippen molar-refractivity contribution in [2.45, 2.75) is 70.2 Å². The van der Waals surface area contributed by atoms with Crippen LogP contribution < -0.4 is 20.7 Å². The zero-order valence-corrected chi connectivity index (χ0v) is 28.6. The molecule has 2 amide bonds. The normalized spacial score (nSPS) is 20.9. The third-order valence-electron chi connectivity index (χ3n) is 9.48. The van der Waals surface area contributed by atoms with Gasteiger partial charge in [0.1, 0.15) is 34.3 Å². The van der Waals surface area contributed by atoms with E-state index in [2.05, 4.69) is 68.9 Å². The van der Waals surface area contributed by atoms with E-state index in [1.54, 1.807) is 6.07 Å². The van der Waals surface area contributed by atoms with Gasteiger partial charge in [-0.25, -0.2) is 18.7 Å². The molecule has 2 fully saturated rings. The minimum atomic E-state index is -0.646. The van der Waals surface area contributed by atoms with Gasteiger partial charge in [0.2, 0.25) is 5.88 Å². The van der Waals surface area contributed by atoms with E-state index in [1.807, 2.05) is 18.2 Å². The van der Waals surface area contributed by atoms with Crippen LogP contribution in [0.1, 0.15) is 65.9 Å². The summed E-state index contributed by atoms with van der Waals surface area (Å²) >= 11 is 0. The molecule has 12 heteroatoms. The van der Waals surface area contributed by atoms with Crippen LogP contribution >= 0.6 is 0 Å². The van der Waals surface area contributed by atoms with Gasteiger partial charge in [-0.05, 0) is 86.6 Å². The number of imidazole rings is 1. The van der Waals surface area contributed by atoms with Crippen LogP contribution in [0.5, 0.6) is 11.6 Å². The molecule has 264 valence electrons. The monoisotopic (exact) mass is 693 g/mol. The van der Waals surface area contributed by atoms with Gasteiger partial charge in [0.05, 0.1) is 6.20 Å². The van der Waals surface area contributed by atoms with E-state index in [1.165, 1.54) is 34.5 Å². The lowest BCUT2D eigenvalue weighted by Crippen LogP contribution is -2.53. The minimum Gasteiger partial charge on any atom is -0.438 e. The topological polar surface area (TPSA) is 113 Å². The molecule has 2 aliphatic rings. The van der Waals surface area contributed by atoms with Gasteiger partial charge < -0.3 is 25.1 Å². The van der Waals surface area contributed by atoms with Gasteiger partial charge in [0.25, 0.3) is 11.8 Å². The van der Waals surface area contributed by atoms with E-state index in [0.29, 0.717) is 49.2 Å². The van der Waals surface area contributed by atoms with E-state index in [0.717, 1.165) is 43.0 Å². The summed E-state index contributed by atoms with van der Waals surface area (Å²) in [7, 11) is 0. The Balaban J connectivity index is 0.949. The number of nitrogens with one attached hydrogen (secondary N) is 3. The first-order valence-electron chi connectivity index (χ1n) is 17.4. The van der Waals surface area contributed by atoms with Gasteiger partial charge in [-0.1, -0.05) is 36.4 Å². The van der Waals surface area contributed by atoms with Gasteiger partial charge in [0.15, 0.2) is 0 Å². The maximum Gasteiger partial charge on any atom is 0.271 e. The highest BCUT2D eigenvalue weighted by Gasteiger charge is 2.27. The molecule has 3 aromatic heterocycles. The van der Waals surface area contributed by atoms with E-state index in [-0.39, 0.29) is 35.1 Å². The number of rotatable bonds is 9. The molecule has 0 radical (unpaired) electrons. The second-order valence-electron chi connectivity index (χ2n) is 13.7. The first-order valence-corrected chi connectivity index (χ1v) is 17.4. The number of carbonyl (C=O) groups is 2. The highest BCUT2D eigenvalue weighted by atomic mass is 19.1. The molecule has 1 aliphatic carbocycles. The standard InChI is InChI=1S/C39H41F2N7O3/c1-24-19-47(20-25(2)43-24)21-26-6-8-27(9-7-26)28-4-3-5-33(16-28)51-39-34(17-30(41)18-42-39)37(49)44-31-11-13-32(14-12-31)45-38(50)35-23-48-22-29(40)10-15-36(48)46-35/h3-10,15-18,22-25,31-32,43H,11-14,19-21H2,1-2H3,(H,44,49)(H,45,50)/t24-,25+,31?,32?. The van der Waals surface area contributed by atoms with Crippen LogP contribution in [0.3, 0.4) is 0 Å². The third kappa shape index (κ3) is 8.41. The third-order valence-corrected chi connectivity index (χ3v) is 9.48. The minimum absolute atomic E-state index is 0.0000155. The quantitative estimate of drug-likeness (QED) is 0.171. The van der Waals surface area contributed by atoms with Crippen molar-refractivity contribution in [3.05, 3.63) is 114 Å². The number of aromatic nitrogens is 3. The summed E-state index contributed by atoms with van der Waals surface area (Å²) in [5, 5.41) is 9.56. The Bertz CT molecular complexity index is 2020. The predicted octanol–water partition coefficient (Wildman–Crippen LogP) is 6.12. The maximum atomic E-state index is 14.4. The number of amides is 2. The molecule has 2 atom stereocenters. The van der Waals surface area contributed by atoms with Crippen LogP contribution in [0.15, 0.2) is 85.3 Å². The highest BCUT2D eigenvalue weighted by Crippen LogP contribution is 2.30. The molecular weight excluding hydrogens is 652 g/mol. The molecule has 5 aromatic rings. The van der Waals surface area contributed by atoms with Crippen LogP contribution in [0.4, 0.5) is 8.78 Å². The fourth-order valence-corrected chi connectivity index (χ4v) is 7.13. The SMILES string of the molecule is C[C@@H]1CN(Cc2ccc(-c3cccc(Oc4ncc(F)cc4C(=O)NC4CCC(NC(=O)c5cn6cc(F)ccc6n5)CC4)c3)cc2)C[C@H](C)N1. The molecule has 7 rings (SSSR count). The summed E-state index contributed by atoms with van der Waals surface area (Å²) in [6.45, 7) is 7.35. The number of carbonyl (C=O) groups excluding carboxylic acids is 2. The molecular formula is C39H41F2N7O3. The number of nitrogens with zero attached hydrogens (tertiary/aromatic N) is 4. The van der Waals surface area contributed by atoms with Crippen molar-refractivity contribution in [3.63, 3.8) is 0 Å². The molecule has 10 nitrogen and oxygen atoms in total. The number of halogens is 2. The van der Waals surface area contributed by atoms with Crippen molar-refractivity contribution in [1.82, 2.24) is 35.2 Å². The van der Waals surface area contributed by atoms with Crippen LogP contribution in [0.2, 0.25) is 0 Å². The molecule has 3 N–H and O–H groups in total. The summed E-state index contributed by atoms with van der Waals surface area (Å²) in [6, 6.07) is 20.6. The van der Waals surface area contributed by atoms with E-state index in [4.69, 9.17) is 4.74 Å². The van der Waals surface area contributed by atoms with Crippen molar-refractivity contribution in [3.8, 4) is 22.8 Å². The molecule has 1 saturated heterocycles. The molecule has 51 heavy (non-hydrogen) atoms. The Morgan fingerprint density at radius 2 is 1.55 bits per heavy atom. The summed E-state index contributed by atoms with van der Waals surface area (Å²) in [5.74, 6) is -1.41. The number of pyridine rings is 2. The Morgan fingerprint density at radius 1 is 0.843 bits per heavy atom. The number of fused-ring (bicyclic) bond motifs is 1. The second-order valence-corrected chi connectivity index (χ2v) is 13.7. The number of hydrogen-bond donors (Lipinski definition) is 3. The van der Waals surface area contributed by atoms with Gasteiger partial charge >= 0.3 is 0 Å². The Hall–Kier alpha value is -5.20. The largest absolute Gasteiger partial charge is 0.438 e. The first kappa shape index (κ1) is 34.3. The first-order chi connectivity index (χ1) is 24.6. The lowest BCUT2D eigenvalue weighted by atomic mass is 9.91. The average molecular weight is 694 g/mol. The van der Waals surface area contributed by atoms with E-state index < -0.39 is 17.5 Å². The zero-order chi connectivity index (χ0) is 35.5. The summed E-state index contributed by atoms with van der Waals surface area (Å²) in [4.78, 5) is 37.1. The van der Waals surface area contributed by atoms with Crippen molar-refractivity contribution < 1.29 is 23.1 Å². The van der Waals surface area contributed by atoms with E-state index >= 15 is 0 Å². The fourth-order valence-electron chi connectivity index (χ4n) is 7.13.